The van der Waals surface area contributed by atoms with Crippen molar-refractivity contribution in [3.63, 3.8) is 0 Å². The van der Waals surface area contributed by atoms with Crippen molar-refractivity contribution in [1.82, 2.24) is 5.32 Å². The monoisotopic (exact) mass is 619 g/mol. The largest absolute Gasteiger partial charge is 0.355 e. The standard InChI is InChI=1S/C34H31ClFN3O3.ClH/c35-27-15-16-30-28(19-27)33(25-13-6-10-24(18-25)21-37)42-31(20-32(40)38-22-26-12-4-5-14-29(26)36)34(41)39(30)17-7-11-23-8-2-1-3-9-23;/h1-16,18-19,31,33H,17,20-22,37H2,(H,38,40);1H. The number of benzene rings is 4. The first-order chi connectivity index (χ1) is 20.4. The van der Waals surface area contributed by atoms with E-state index in [0.29, 0.717) is 28.4 Å². The lowest BCUT2D eigenvalue weighted by atomic mass is 9.97. The first kappa shape index (κ1) is 31.9. The quantitative estimate of drug-likeness (QED) is 0.221. The van der Waals surface area contributed by atoms with Crippen molar-refractivity contribution in [2.24, 2.45) is 5.73 Å². The summed E-state index contributed by atoms with van der Waals surface area (Å²) in [4.78, 5) is 28.8. The zero-order valence-electron chi connectivity index (χ0n) is 23.3. The van der Waals surface area contributed by atoms with Gasteiger partial charge in [0.1, 0.15) is 18.0 Å². The van der Waals surface area contributed by atoms with Crippen LogP contribution in [0.3, 0.4) is 0 Å². The van der Waals surface area contributed by atoms with E-state index in [1.807, 2.05) is 66.7 Å². The molecule has 2 unspecified atom stereocenters. The summed E-state index contributed by atoms with van der Waals surface area (Å²) in [5.41, 5.74) is 10.3. The number of rotatable bonds is 9. The van der Waals surface area contributed by atoms with Gasteiger partial charge in [0.25, 0.3) is 5.91 Å². The predicted octanol–water partition coefficient (Wildman–Crippen LogP) is 6.60. The van der Waals surface area contributed by atoms with Gasteiger partial charge in [0.05, 0.1) is 12.1 Å². The van der Waals surface area contributed by atoms with Crippen molar-refractivity contribution >= 4 is 47.6 Å². The minimum Gasteiger partial charge on any atom is -0.355 e. The van der Waals surface area contributed by atoms with Gasteiger partial charge in [-0.3, -0.25) is 9.59 Å². The van der Waals surface area contributed by atoms with Crippen LogP contribution < -0.4 is 16.0 Å². The Hall–Kier alpha value is -4.01. The highest BCUT2D eigenvalue weighted by atomic mass is 35.5. The summed E-state index contributed by atoms with van der Waals surface area (Å²) >= 11 is 6.45. The topological polar surface area (TPSA) is 84.7 Å². The van der Waals surface area contributed by atoms with Crippen molar-refractivity contribution in [2.45, 2.75) is 31.7 Å². The summed E-state index contributed by atoms with van der Waals surface area (Å²) < 4.78 is 20.6. The van der Waals surface area contributed by atoms with Crippen LogP contribution in [0.4, 0.5) is 10.1 Å². The number of nitrogens with one attached hydrogen (secondary N) is 1. The van der Waals surface area contributed by atoms with Gasteiger partial charge >= 0.3 is 0 Å². The molecular formula is C34H32Cl2FN3O3. The third kappa shape index (κ3) is 7.89. The minimum atomic E-state index is -1.12. The van der Waals surface area contributed by atoms with Crippen molar-refractivity contribution in [2.75, 3.05) is 11.4 Å². The average Bonchev–Trinajstić information content (AvgIpc) is 3.11. The molecule has 4 aromatic rings. The van der Waals surface area contributed by atoms with E-state index < -0.39 is 23.9 Å². The summed E-state index contributed by atoms with van der Waals surface area (Å²) in [7, 11) is 0. The predicted molar refractivity (Wildman–Crippen MR) is 170 cm³/mol. The summed E-state index contributed by atoms with van der Waals surface area (Å²) in [6.07, 6.45) is 1.78. The highest BCUT2D eigenvalue weighted by Crippen LogP contribution is 2.40. The van der Waals surface area contributed by atoms with Gasteiger partial charge < -0.3 is 20.7 Å². The van der Waals surface area contributed by atoms with Gasteiger partial charge in [-0.25, -0.2) is 4.39 Å². The van der Waals surface area contributed by atoms with Crippen LogP contribution in [-0.2, 0) is 27.4 Å². The molecule has 9 heteroatoms. The second kappa shape index (κ2) is 14.9. The van der Waals surface area contributed by atoms with Crippen LogP contribution in [0.2, 0.25) is 5.02 Å². The summed E-state index contributed by atoms with van der Waals surface area (Å²) in [6, 6.07) is 28.9. The number of nitrogens with two attached hydrogens (primary N) is 1. The molecular weight excluding hydrogens is 588 g/mol. The lowest BCUT2D eigenvalue weighted by molar-refractivity contribution is -0.138. The Morgan fingerprint density at radius 3 is 2.53 bits per heavy atom. The van der Waals surface area contributed by atoms with Gasteiger partial charge in [-0.05, 0) is 41.0 Å². The molecule has 1 aliphatic rings. The van der Waals surface area contributed by atoms with Gasteiger partial charge in [-0.1, -0.05) is 96.5 Å². The fourth-order valence-electron chi connectivity index (χ4n) is 4.97. The van der Waals surface area contributed by atoms with Gasteiger partial charge in [0, 0.05) is 35.8 Å². The molecule has 0 saturated heterocycles. The maximum absolute atomic E-state index is 14.1. The van der Waals surface area contributed by atoms with Crippen LogP contribution in [0.15, 0.2) is 103 Å². The van der Waals surface area contributed by atoms with Crippen molar-refractivity contribution in [3.05, 3.63) is 142 Å². The minimum absolute atomic E-state index is 0. The van der Waals surface area contributed by atoms with E-state index in [1.54, 1.807) is 41.3 Å². The Morgan fingerprint density at radius 1 is 1.00 bits per heavy atom. The van der Waals surface area contributed by atoms with Crippen LogP contribution in [0.1, 0.15) is 40.3 Å². The van der Waals surface area contributed by atoms with E-state index in [-0.39, 0.29) is 37.8 Å². The van der Waals surface area contributed by atoms with Crippen LogP contribution in [0.5, 0.6) is 0 Å². The smallest absolute Gasteiger partial charge is 0.257 e. The molecule has 2 atom stereocenters. The SMILES string of the molecule is Cl.NCc1cccc(C2OC(CC(=O)NCc3ccccc3F)C(=O)N(CC=Cc3ccccc3)c3ccc(Cl)cc32)c1. The highest BCUT2D eigenvalue weighted by Gasteiger charge is 2.37. The van der Waals surface area contributed by atoms with Crippen molar-refractivity contribution < 1.29 is 18.7 Å². The number of nitrogens with zero attached hydrogens (tertiary/aromatic N) is 1. The number of anilines is 1. The second-order valence-corrected chi connectivity index (χ2v) is 10.4. The maximum atomic E-state index is 14.1. The number of fused-ring (bicyclic) bond motifs is 1. The first-order valence-electron chi connectivity index (χ1n) is 13.7. The lowest BCUT2D eigenvalue weighted by Gasteiger charge is -2.24. The number of ether oxygens (including phenoxy) is 1. The van der Waals surface area contributed by atoms with E-state index in [2.05, 4.69) is 5.32 Å². The van der Waals surface area contributed by atoms with E-state index in [9.17, 15) is 14.0 Å². The molecule has 0 aliphatic carbocycles. The summed E-state index contributed by atoms with van der Waals surface area (Å²) in [5, 5.41) is 3.22. The van der Waals surface area contributed by atoms with Gasteiger partial charge in [0.15, 0.2) is 0 Å². The molecule has 6 nitrogen and oxygen atoms in total. The van der Waals surface area contributed by atoms with E-state index in [1.165, 1.54) is 6.07 Å². The van der Waals surface area contributed by atoms with Crippen LogP contribution >= 0.6 is 24.0 Å². The highest BCUT2D eigenvalue weighted by molar-refractivity contribution is 6.30. The first-order valence-corrected chi connectivity index (χ1v) is 14.1. The Balaban J connectivity index is 0.00000423. The third-order valence-electron chi connectivity index (χ3n) is 7.10. The van der Waals surface area contributed by atoms with Crippen LogP contribution in [-0.4, -0.2) is 24.5 Å². The molecule has 4 aromatic carbocycles. The number of hydrogen-bond donors (Lipinski definition) is 2. The summed E-state index contributed by atoms with van der Waals surface area (Å²) in [5.74, 6) is -1.22. The van der Waals surface area contributed by atoms with Gasteiger partial charge in [-0.15, -0.1) is 12.4 Å². The molecule has 0 fully saturated rings. The third-order valence-corrected chi connectivity index (χ3v) is 7.33. The Kier molecular flexibility index (Phi) is 11.1. The Bertz CT molecular complexity index is 1600. The fourth-order valence-corrected chi connectivity index (χ4v) is 5.15. The zero-order valence-corrected chi connectivity index (χ0v) is 24.9. The van der Waals surface area contributed by atoms with Crippen molar-refractivity contribution in [1.29, 1.82) is 0 Å². The van der Waals surface area contributed by atoms with Gasteiger partial charge in [-0.2, -0.15) is 0 Å². The number of halogens is 3. The van der Waals surface area contributed by atoms with Gasteiger partial charge in [0.2, 0.25) is 5.91 Å². The molecule has 3 N–H and O–H groups in total. The molecule has 0 spiro atoms. The van der Waals surface area contributed by atoms with E-state index in [0.717, 1.165) is 16.7 Å². The zero-order chi connectivity index (χ0) is 29.5. The molecule has 0 radical (unpaired) electrons. The maximum Gasteiger partial charge on any atom is 0.257 e. The molecule has 222 valence electrons. The molecule has 0 aromatic heterocycles. The fraction of sp³-hybridized carbons (Fsp3) is 0.176. The average molecular weight is 621 g/mol. The Morgan fingerprint density at radius 2 is 1.77 bits per heavy atom. The van der Waals surface area contributed by atoms with Crippen LogP contribution in [0.25, 0.3) is 6.08 Å². The molecule has 5 rings (SSSR count). The van der Waals surface area contributed by atoms with Crippen molar-refractivity contribution in [3.8, 4) is 0 Å². The molecule has 1 heterocycles. The lowest BCUT2D eigenvalue weighted by Crippen LogP contribution is -2.42. The molecule has 1 aliphatic heterocycles. The number of carbonyl (C=O) groups excluding carboxylic acids is 2. The second-order valence-electron chi connectivity index (χ2n) is 9.99. The molecule has 0 saturated carbocycles. The normalized spacial score (nSPS) is 16.3. The molecule has 2 amide bonds. The molecule has 0 bridgehead atoms. The Labute approximate surface area is 261 Å². The number of amides is 2. The van der Waals surface area contributed by atoms with E-state index in [4.69, 9.17) is 22.1 Å². The number of hydrogen-bond acceptors (Lipinski definition) is 4. The summed E-state index contributed by atoms with van der Waals surface area (Å²) in [6.45, 7) is 0.572. The molecule has 43 heavy (non-hydrogen) atoms. The number of carbonyl (C=O) groups is 2. The van der Waals surface area contributed by atoms with E-state index >= 15 is 0 Å². The van der Waals surface area contributed by atoms with Crippen LogP contribution in [0, 0.1) is 5.82 Å².